The lowest BCUT2D eigenvalue weighted by Gasteiger charge is -2.53. The Labute approximate surface area is 372 Å². The van der Waals surface area contributed by atoms with Crippen molar-refractivity contribution in [2.24, 2.45) is 0 Å². The highest BCUT2D eigenvalue weighted by molar-refractivity contribution is 6.92. The van der Waals surface area contributed by atoms with Crippen LogP contribution in [0.1, 0.15) is 63.8 Å². The number of nitrogens with zero attached hydrogens (tertiary/aromatic N) is 8. The fraction of sp³-hybridized carbons (Fsp3) is 0.160. The van der Waals surface area contributed by atoms with E-state index in [1.165, 1.54) is 11.1 Å². The average Bonchev–Trinajstić information content (AvgIpc) is 4.05. The Balaban J connectivity index is 0.962. The predicted octanol–water partition coefficient (Wildman–Crippen LogP) is 10.4. The minimum absolute atomic E-state index is 0.104. The zero-order valence-corrected chi connectivity index (χ0v) is 36.7. The minimum atomic E-state index is -0.155. The molecule has 1 fully saturated rings. The first-order valence-corrected chi connectivity index (χ1v) is 22.3. The molecule has 10 nitrogen and oxygen atoms in total. The van der Waals surface area contributed by atoms with E-state index in [1.807, 2.05) is 24.3 Å². The standard InChI is InChI=1S/C50H44B4N8O2/c1-49(2,3)35-19-21-41-45(63-47-55-37-15-7-9-17-39(37)61(41)47)43(35)33-23-29-59-52-26-12-14-28-58(52)54-32-34(24-30-60(54)51-25-11-13-27-57(51)53(59)31-33)44-36(50(4,5)6)20-22-42-46(44)64-48-56-38-16-8-10-18-40(38)62(42)48/h7-32H,1-6H3. The summed E-state index contributed by atoms with van der Waals surface area (Å²) in [6, 6.07) is 25.4. The smallest absolute Gasteiger partial charge is 0.381 e. The zero-order valence-electron chi connectivity index (χ0n) is 36.7. The van der Waals surface area contributed by atoms with E-state index in [4.69, 9.17) is 18.8 Å². The van der Waals surface area contributed by atoms with E-state index in [1.54, 1.807) is 0 Å². The van der Waals surface area contributed by atoms with Gasteiger partial charge in [-0.3, -0.25) is 8.80 Å². The highest BCUT2D eigenvalue weighted by Gasteiger charge is 2.51. The summed E-state index contributed by atoms with van der Waals surface area (Å²) in [4.78, 5) is 9.82. The maximum absolute atomic E-state index is 6.80. The lowest BCUT2D eigenvalue weighted by Crippen LogP contribution is -2.73. The van der Waals surface area contributed by atoms with Crippen molar-refractivity contribution in [2.75, 3.05) is 0 Å². The monoisotopic (exact) mass is 832 g/mol. The molecule has 0 saturated carbocycles. The fourth-order valence-corrected chi connectivity index (χ4v) is 10.7. The molecule has 8 aromatic rings. The van der Waals surface area contributed by atoms with Crippen molar-refractivity contribution in [1.82, 2.24) is 37.7 Å². The first kappa shape index (κ1) is 37.4. The molecule has 0 aliphatic carbocycles. The Morgan fingerprint density at radius 2 is 0.875 bits per heavy atom. The van der Waals surface area contributed by atoms with Gasteiger partial charge in [0.1, 0.15) is 0 Å². The Morgan fingerprint density at radius 3 is 1.31 bits per heavy atom. The third-order valence-electron chi connectivity index (χ3n) is 13.7. The summed E-state index contributed by atoms with van der Waals surface area (Å²) in [6.45, 7) is 13.2. The van der Waals surface area contributed by atoms with Crippen LogP contribution in [-0.4, -0.2) is 65.6 Å². The summed E-state index contributed by atoms with van der Waals surface area (Å²) in [5.41, 5.74) is 14.2. The van der Waals surface area contributed by atoms with Gasteiger partial charge < -0.3 is 27.7 Å². The van der Waals surface area contributed by atoms with Crippen LogP contribution in [-0.2, 0) is 10.8 Å². The van der Waals surface area contributed by atoms with Gasteiger partial charge in [-0.2, -0.15) is 9.97 Å². The molecule has 14 heteroatoms. The molecule has 5 aliphatic heterocycles. The van der Waals surface area contributed by atoms with Gasteiger partial charge in [-0.05, 0) is 119 Å². The van der Waals surface area contributed by atoms with Crippen molar-refractivity contribution in [3.63, 3.8) is 0 Å². The third-order valence-corrected chi connectivity index (χ3v) is 13.7. The van der Waals surface area contributed by atoms with Crippen LogP contribution in [0.25, 0.3) is 67.1 Å². The van der Waals surface area contributed by atoms with Crippen molar-refractivity contribution < 1.29 is 8.83 Å². The van der Waals surface area contributed by atoms with Crippen molar-refractivity contribution in [2.45, 2.75) is 52.4 Å². The summed E-state index contributed by atoms with van der Waals surface area (Å²) < 4.78 is 27.8. The van der Waals surface area contributed by atoms with Crippen molar-refractivity contribution >= 4 is 95.0 Å². The minimum Gasteiger partial charge on any atom is -0.423 e. The fourth-order valence-electron chi connectivity index (χ4n) is 10.7. The van der Waals surface area contributed by atoms with Gasteiger partial charge >= 0.3 is 39.6 Å². The zero-order chi connectivity index (χ0) is 43.2. The van der Waals surface area contributed by atoms with Crippen molar-refractivity contribution in [1.29, 1.82) is 0 Å². The molecule has 308 valence electrons. The van der Waals surface area contributed by atoms with Crippen LogP contribution in [0.2, 0.25) is 0 Å². The first-order valence-electron chi connectivity index (χ1n) is 22.3. The molecule has 1 saturated heterocycles. The number of oxazole rings is 2. The highest BCUT2D eigenvalue weighted by atomic mass is 16.4. The Morgan fingerprint density at radius 1 is 0.453 bits per heavy atom. The van der Waals surface area contributed by atoms with Gasteiger partial charge in [0.2, 0.25) is 0 Å². The van der Waals surface area contributed by atoms with Gasteiger partial charge in [-0.15, -0.1) is 0 Å². The van der Waals surface area contributed by atoms with Crippen molar-refractivity contribution in [3.05, 3.63) is 180 Å². The van der Waals surface area contributed by atoms with Crippen molar-refractivity contribution in [3.8, 4) is 0 Å². The van der Waals surface area contributed by atoms with Crippen LogP contribution >= 0.6 is 0 Å². The van der Waals surface area contributed by atoms with Gasteiger partial charge in [-0.1, -0.05) is 114 Å². The SMILES string of the molecule is CC(C)(C)c1ccc2c(oc3nc4ccccc4n32)c1C1=CB2N3C=CC=CB3N3C=CC(c4c(C(C)(C)C)ccc5c4oc4nc6ccccc6n45)=CB3N3C=CC=CB3N2C=C1. The molecule has 9 heterocycles. The van der Waals surface area contributed by atoms with Crippen LogP contribution in [0.5, 0.6) is 0 Å². The second-order valence-corrected chi connectivity index (χ2v) is 19.6. The van der Waals surface area contributed by atoms with E-state index in [9.17, 15) is 0 Å². The normalized spacial score (nSPS) is 17.4. The average molecular weight is 832 g/mol. The van der Waals surface area contributed by atoms with E-state index in [0.29, 0.717) is 11.7 Å². The molecule has 0 spiro atoms. The molecule has 0 N–H and O–H groups in total. The van der Waals surface area contributed by atoms with Gasteiger partial charge in [-0.25, -0.2) is 0 Å². The van der Waals surface area contributed by atoms with Gasteiger partial charge in [0.15, 0.2) is 11.2 Å². The summed E-state index contributed by atoms with van der Waals surface area (Å²) in [5, 5.41) is 0. The molecule has 0 amide bonds. The van der Waals surface area contributed by atoms with E-state index in [0.717, 1.165) is 66.5 Å². The van der Waals surface area contributed by atoms with E-state index < -0.39 is 0 Å². The Bertz CT molecular complexity index is 3320. The molecule has 13 rings (SSSR count). The maximum atomic E-state index is 6.80. The molecule has 0 unspecified atom stereocenters. The summed E-state index contributed by atoms with van der Waals surface area (Å²) in [6.07, 6.45) is 22.3. The Kier molecular flexibility index (Phi) is 7.69. The highest BCUT2D eigenvalue weighted by Crippen LogP contribution is 2.43. The Hall–Kier alpha value is -7.20. The molecule has 0 atom stereocenters. The van der Waals surface area contributed by atoms with E-state index in [-0.39, 0.29) is 38.8 Å². The van der Waals surface area contributed by atoms with Crippen LogP contribution < -0.4 is 0 Å². The van der Waals surface area contributed by atoms with E-state index in [2.05, 4.69) is 203 Å². The predicted molar refractivity (Wildman–Crippen MR) is 264 cm³/mol. The lowest BCUT2D eigenvalue weighted by atomic mass is 9.41. The van der Waals surface area contributed by atoms with Crippen LogP contribution in [0, 0.1) is 0 Å². The molecular formula is C50H44B4N8O2. The number of rotatable bonds is 2. The molecule has 0 bridgehead atoms. The van der Waals surface area contributed by atoms with Gasteiger partial charge in [0, 0.05) is 11.1 Å². The topological polar surface area (TPSA) is 73.8 Å². The molecular weight excluding hydrogens is 788 g/mol. The van der Waals surface area contributed by atoms with Crippen LogP contribution in [0.4, 0.5) is 0 Å². The molecule has 4 aromatic heterocycles. The quantitative estimate of drug-likeness (QED) is 0.160. The molecule has 5 aliphatic rings. The number of allylic oxidation sites excluding steroid dienone is 8. The largest absolute Gasteiger partial charge is 0.423 e. The van der Waals surface area contributed by atoms with E-state index >= 15 is 0 Å². The summed E-state index contributed by atoms with van der Waals surface area (Å²) >= 11 is 0. The summed E-state index contributed by atoms with van der Waals surface area (Å²) in [5.74, 6) is 10.7. The summed E-state index contributed by atoms with van der Waals surface area (Å²) in [7, 11) is 0. The second-order valence-electron chi connectivity index (χ2n) is 19.6. The lowest BCUT2D eigenvalue weighted by molar-refractivity contribution is 0.584. The molecule has 4 aromatic carbocycles. The number of benzene rings is 4. The van der Waals surface area contributed by atoms with Crippen LogP contribution in [0.3, 0.4) is 0 Å². The third kappa shape index (κ3) is 5.31. The van der Waals surface area contributed by atoms with Gasteiger partial charge in [0.05, 0.1) is 33.1 Å². The van der Waals surface area contributed by atoms with Crippen LogP contribution in [0.15, 0.2) is 167 Å². The number of hydrogen-bond acceptors (Lipinski definition) is 8. The molecule has 64 heavy (non-hydrogen) atoms. The number of aromatic nitrogens is 4. The second kappa shape index (κ2) is 13.2. The number of hydrogen-bond donors (Lipinski definition) is 0. The molecule has 0 radical (unpaired) electrons. The van der Waals surface area contributed by atoms with Gasteiger partial charge in [0.25, 0.3) is 0 Å². The number of fused-ring (bicyclic) bond motifs is 18. The number of imidazole rings is 2. The number of para-hydroxylation sites is 4. The first-order chi connectivity index (χ1) is 31.0. The maximum Gasteiger partial charge on any atom is 0.381 e.